The molecule has 0 aliphatic rings. The number of hydrogen-bond donors (Lipinski definition) is 3. The summed E-state index contributed by atoms with van der Waals surface area (Å²) in [5.41, 5.74) is 2.91. The second kappa shape index (κ2) is 5.35. The van der Waals surface area contributed by atoms with Gasteiger partial charge in [0.05, 0.1) is 16.9 Å². The molecule has 8 nitrogen and oxygen atoms in total. The summed E-state index contributed by atoms with van der Waals surface area (Å²) in [5.74, 6) is 0.403. The predicted molar refractivity (Wildman–Crippen MR) is 82.2 cm³/mol. The molecule has 0 atom stereocenters. The molecule has 3 rings (SSSR count). The minimum atomic E-state index is -3.70. The summed E-state index contributed by atoms with van der Waals surface area (Å²) in [7, 11) is -3.70. The lowest BCUT2D eigenvalue weighted by Gasteiger charge is -2.07. The van der Waals surface area contributed by atoms with Gasteiger partial charge in [-0.2, -0.15) is 4.98 Å². The number of aromatic amines is 1. The van der Waals surface area contributed by atoms with E-state index in [1.165, 1.54) is 12.1 Å². The van der Waals surface area contributed by atoms with Gasteiger partial charge in [0.15, 0.2) is 5.65 Å². The van der Waals surface area contributed by atoms with Gasteiger partial charge in [-0.25, -0.2) is 23.5 Å². The first-order chi connectivity index (χ1) is 10.5. The van der Waals surface area contributed by atoms with Gasteiger partial charge in [-0.1, -0.05) is 6.92 Å². The van der Waals surface area contributed by atoms with Crippen LogP contribution in [-0.2, 0) is 16.4 Å². The minimum Gasteiger partial charge on any atom is -0.342 e. The Labute approximate surface area is 126 Å². The molecule has 114 valence electrons. The molecule has 2 heterocycles. The van der Waals surface area contributed by atoms with Gasteiger partial charge < -0.3 is 10.3 Å². The minimum absolute atomic E-state index is 0.0518. The zero-order valence-corrected chi connectivity index (χ0v) is 12.6. The van der Waals surface area contributed by atoms with Crippen molar-refractivity contribution in [3.63, 3.8) is 0 Å². The smallest absolute Gasteiger partial charge is 0.238 e. The number of nitrogens with one attached hydrogen (secondary N) is 2. The number of imidazole rings is 1. The van der Waals surface area contributed by atoms with Crippen LogP contribution in [0.1, 0.15) is 12.6 Å². The van der Waals surface area contributed by atoms with Crippen molar-refractivity contribution in [2.24, 2.45) is 5.14 Å². The normalized spacial score (nSPS) is 11.7. The fourth-order valence-corrected chi connectivity index (χ4v) is 2.58. The molecule has 0 radical (unpaired) electrons. The first kappa shape index (κ1) is 14.4. The third-order valence-electron chi connectivity index (χ3n) is 3.13. The Balaban J connectivity index is 1.92. The molecule has 0 saturated heterocycles. The number of H-pyrrole nitrogens is 1. The number of anilines is 2. The zero-order valence-electron chi connectivity index (χ0n) is 11.7. The number of nitrogens with two attached hydrogens (primary N) is 1. The van der Waals surface area contributed by atoms with Gasteiger partial charge in [-0.3, -0.25) is 0 Å². The zero-order chi connectivity index (χ0) is 15.7. The molecule has 0 aliphatic carbocycles. The monoisotopic (exact) mass is 318 g/mol. The van der Waals surface area contributed by atoms with E-state index < -0.39 is 10.0 Å². The number of nitrogens with zero attached hydrogens (tertiary/aromatic N) is 3. The average Bonchev–Trinajstić information content (AvgIpc) is 2.94. The quantitative estimate of drug-likeness (QED) is 0.665. The summed E-state index contributed by atoms with van der Waals surface area (Å²) < 4.78 is 22.4. The van der Waals surface area contributed by atoms with E-state index in [0.717, 1.165) is 17.6 Å². The summed E-state index contributed by atoms with van der Waals surface area (Å²) in [6, 6.07) is 6.05. The molecule has 1 aromatic carbocycles. The summed E-state index contributed by atoms with van der Waals surface area (Å²) in [5, 5.41) is 8.09. The van der Waals surface area contributed by atoms with E-state index in [9.17, 15) is 8.42 Å². The second-order valence-corrected chi connectivity index (χ2v) is 6.20. The van der Waals surface area contributed by atoms with Crippen molar-refractivity contribution in [1.82, 2.24) is 19.9 Å². The molecule has 0 unspecified atom stereocenters. The molecule has 9 heteroatoms. The standard InChI is InChI=1S/C13H14N6O2S/c1-2-10-11-12(16-7-15-11)19-13(18-10)17-8-3-5-9(6-4-8)22(14,20)21/h3-7H,2H2,1H3,(H2,14,20,21)(H2,15,16,17,18,19). The highest BCUT2D eigenvalue weighted by Crippen LogP contribution is 2.19. The molecule has 0 aliphatic heterocycles. The molecule has 0 spiro atoms. The summed E-state index contributed by atoms with van der Waals surface area (Å²) in [6.45, 7) is 1.99. The molecule has 3 aromatic rings. The number of aryl methyl sites for hydroxylation is 1. The summed E-state index contributed by atoms with van der Waals surface area (Å²) >= 11 is 0. The third kappa shape index (κ3) is 2.76. The van der Waals surface area contributed by atoms with Crippen LogP contribution < -0.4 is 10.5 Å². The maximum atomic E-state index is 11.2. The number of hydrogen-bond acceptors (Lipinski definition) is 6. The Morgan fingerprint density at radius 3 is 2.59 bits per heavy atom. The Bertz CT molecular complexity index is 917. The second-order valence-electron chi connectivity index (χ2n) is 4.64. The van der Waals surface area contributed by atoms with Crippen LogP contribution in [0, 0.1) is 0 Å². The van der Waals surface area contributed by atoms with Gasteiger partial charge in [0, 0.05) is 5.69 Å². The molecular formula is C13H14N6O2S. The molecular weight excluding hydrogens is 304 g/mol. The van der Waals surface area contributed by atoms with Crippen LogP contribution in [-0.4, -0.2) is 28.4 Å². The van der Waals surface area contributed by atoms with Crippen LogP contribution in [0.5, 0.6) is 0 Å². The van der Waals surface area contributed by atoms with Crippen LogP contribution >= 0.6 is 0 Å². The fourth-order valence-electron chi connectivity index (χ4n) is 2.06. The van der Waals surface area contributed by atoms with Gasteiger partial charge in [-0.15, -0.1) is 0 Å². The molecule has 0 saturated carbocycles. The number of rotatable bonds is 4. The molecule has 0 fully saturated rings. The summed E-state index contributed by atoms with van der Waals surface area (Å²) in [6.07, 6.45) is 2.31. The topological polar surface area (TPSA) is 127 Å². The van der Waals surface area contributed by atoms with E-state index in [4.69, 9.17) is 5.14 Å². The van der Waals surface area contributed by atoms with Crippen molar-refractivity contribution < 1.29 is 8.42 Å². The van der Waals surface area contributed by atoms with Crippen LogP contribution in [0.2, 0.25) is 0 Å². The number of benzene rings is 1. The van der Waals surface area contributed by atoms with Crippen LogP contribution in [0.25, 0.3) is 11.2 Å². The van der Waals surface area contributed by atoms with E-state index in [2.05, 4.69) is 25.3 Å². The lowest BCUT2D eigenvalue weighted by molar-refractivity contribution is 0.598. The first-order valence-electron chi connectivity index (χ1n) is 6.57. The SMILES string of the molecule is CCc1nc(Nc2ccc(S(N)(=O)=O)cc2)nc2nc[nH]c12. The van der Waals surface area contributed by atoms with Gasteiger partial charge in [0.1, 0.15) is 5.52 Å². The van der Waals surface area contributed by atoms with Crippen molar-refractivity contribution in [2.45, 2.75) is 18.2 Å². The highest BCUT2D eigenvalue weighted by Gasteiger charge is 2.10. The highest BCUT2D eigenvalue weighted by molar-refractivity contribution is 7.89. The van der Waals surface area contributed by atoms with E-state index in [1.54, 1.807) is 18.5 Å². The van der Waals surface area contributed by atoms with Crippen LogP contribution in [0.3, 0.4) is 0 Å². The van der Waals surface area contributed by atoms with Crippen LogP contribution in [0.15, 0.2) is 35.5 Å². The maximum absolute atomic E-state index is 11.2. The molecule has 0 amide bonds. The molecule has 22 heavy (non-hydrogen) atoms. The van der Waals surface area contributed by atoms with Crippen molar-refractivity contribution in [2.75, 3.05) is 5.32 Å². The number of aromatic nitrogens is 4. The van der Waals surface area contributed by atoms with Crippen molar-refractivity contribution in [1.29, 1.82) is 0 Å². The van der Waals surface area contributed by atoms with Gasteiger partial charge in [-0.05, 0) is 30.7 Å². The molecule has 4 N–H and O–H groups in total. The number of sulfonamides is 1. The Hall–Kier alpha value is -2.52. The van der Waals surface area contributed by atoms with Gasteiger partial charge in [0.25, 0.3) is 0 Å². The Morgan fingerprint density at radius 2 is 1.95 bits per heavy atom. The summed E-state index contributed by atoms with van der Waals surface area (Å²) in [4.78, 5) is 15.9. The average molecular weight is 318 g/mol. The largest absolute Gasteiger partial charge is 0.342 e. The van der Waals surface area contributed by atoms with Gasteiger partial charge in [0.2, 0.25) is 16.0 Å². The molecule has 2 aromatic heterocycles. The van der Waals surface area contributed by atoms with Crippen molar-refractivity contribution in [3.8, 4) is 0 Å². The van der Waals surface area contributed by atoms with E-state index in [0.29, 0.717) is 17.3 Å². The van der Waals surface area contributed by atoms with E-state index >= 15 is 0 Å². The van der Waals surface area contributed by atoms with Crippen molar-refractivity contribution >= 4 is 32.8 Å². The van der Waals surface area contributed by atoms with E-state index in [1.807, 2.05) is 6.92 Å². The van der Waals surface area contributed by atoms with E-state index in [-0.39, 0.29) is 4.90 Å². The maximum Gasteiger partial charge on any atom is 0.238 e. The van der Waals surface area contributed by atoms with Crippen LogP contribution in [0.4, 0.5) is 11.6 Å². The number of fused-ring (bicyclic) bond motifs is 1. The Morgan fingerprint density at radius 1 is 1.23 bits per heavy atom. The third-order valence-corrected chi connectivity index (χ3v) is 4.06. The number of primary sulfonamides is 1. The van der Waals surface area contributed by atoms with Crippen molar-refractivity contribution in [3.05, 3.63) is 36.3 Å². The predicted octanol–water partition coefficient (Wildman–Crippen LogP) is 1.31. The fraction of sp³-hybridized carbons (Fsp3) is 0.154. The Kier molecular flexibility index (Phi) is 3.51. The molecule has 0 bridgehead atoms. The first-order valence-corrected chi connectivity index (χ1v) is 8.12. The lowest BCUT2D eigenvalue weighted by Crippen LogP contribution is -2.11. The highest BCUT2D eigenvalue weighted by atomic mass is 32.2. The van der Waals surface area contributed by atoms with Gasteiger partial charge >= 0.3 is 0 Å². The lowest BCUT2D eigenvalue weighted by atomic mass is 10.3.